The lowest BCUT2D eigenvalue weighted by Crippen LogP contribution is -2.23. The Hall–Kier alpha value is -1.43. The molecular formula is C20H42O6. The first kappa shape index (κ1) is 32.3. The van der Waals surface area contributed by atoms with Crippen molar-refractivity contribution >= 4 is 18.2 Å². The maximum atomic E-state index is 11.2. The first-order chi connectivity index (χ1) is 11.3. The third kappa shape index (κ3) is 14.9. The largest absolute Gasteiger partial charge is 0.466 e. The second kappa shape index (κ2) is 19.9. The van der Waals surface area contributed by atoms with Gasteiger partial charge in [-0.3, -0.25) is 9.59 Å². The zero-order chi connectivity index (χ0) is 19.1. The maximum Gasteiger partial charge on any atom is 0.309 e. The number of hydrogen-bond acceptors (Lipinski definition) is 6. The van der Waals surface area contributed by atoms with Gasteiger partial charge in [-0.2, -0.15) is 0 Å². The monoisotopic (exact) mass is 378 g/mol. The van der Waals surface area contributed by atoms with E-state index in [4.69, 9.17) is 14.6 Å². The lowest BCUT2D eigenvalue weighted by molar-refractivity contribution is -0.151. The smallest absolute Gasteiger partial charge is 0.309 e. The number of carbonyl (C=O) groups is 3. The Kier molecular flexibility index (Phi) is 24.7. The molecule has 0 bridgehead atoms. The second-order valence-electron chi connectivity index (χ2n) is 6.12. The van der Waals surface area contributed by atoms with Gasteiger partial charge in [-0.25, -0.2) is 0 Å². The van der Waals surface area contributed by atoms with Gasteiger partial charge in [0.15, 0.2) is 0 Å². The van der Waals surface area contributed by atoms with Gasteiger partial charge < -0.3 is 19.4 Å². The molecule has 0 spiro atoms. The summed E-state index contributed by atoms with van der Waals surface area (Å²) in [6.07, 6.45) is 1.52. The zero-order valence-electron chi connectivity index (χ0n) is 15.9. The summed E-state index contributed by atoms with van der Waals surface area (Å²) < 4.78 is 9.69. The summed E-state index contributed by atoms with van der Waals surface area (Å²) in [5.41, 5.74) is 0. The first-order valence-corrected chi connectivity index (χ1v) is 8.64. The number of aliphatic hydroxyl groups excluding tert-OH is 1. The van der Waals surface area contributed by atoms with Crippen LogP contribution < -0.4 is 0 Å². The van der Waals surface area contributed by atoms with E-state index in [9.17, 15) is 14.4 Å². The van der Waals surface area contributed by atoms with Crippen LogP contribution in [0.25, 0.3) is 0 Å². The normalized spacial score (nSPS) is 11.9. The molecule has 0 aromatic rings. The highest BCUT2D eigenvalue weighted by Crippen LogP contribution is 2.16. The lowest BCUT2D eigenvalue weighted by atomic mass is 9.93. The molecule has 6 nitrogen and oxygen atoms in total. The Labute approximate surface area is 160 Å². The van der Waals surface area contributed by atoms with Gasteiger partial charge in [0.1, 0.15) is 6.29 Å². The van der Waals surface area contributed by atoms with Crippen LogP contribution in [0.3, 0.4) is 0 Å². The summed E-state index contributed by atoms with van der Waals surface area (Å²) in [4.78, 5) is 32.7. The fraction of sp³-hybridized carbons (Fsp3) is 0.850. The third-order valence-corrected chi connectivity index (χ3v) is 3.58. The van der Waals surface area contributed by atoms with Crippen LogP contribution >= 0.6 is 0 Å². The van der Waals surface area contributed by atoms with Crippen LogP contribution in [-0.4, -0.2) is 43.2 Å². The SMILES string of the molecule is C.C.CCOC(=O)C(CC=O)C(C)C.CCOC(=O)C(CCO)C(C)C. The van der Waals surface area contributed by atoms with Crippen LogP contribution in [0.2, 0.25) is 0 Å². The fourth-order valence-corrected chi connectivity index (χ4v) is 2.11. The minimum absolute atomic E-state index is 0. The molecule has 0 aliphatic heterocycles. The van der Waals surface area contributed by atoms with Gasteiger partial charge in [-0.1, -0.05) is 42.5 Å². The van der Waals surface area contributed by atoms with Gasteiger partial charge in [-0.05, 0) is 32.1 Å². The van der Waals surface area contributed by atoms with Crippen LogP contribution in [-0.2, 0) is 23.9 Å². The molecule has 0 aromatic heterocycles. The number of aliphatic hydroxyl groups is 1. The standard InChI is InChI=1S/C9H18O3.C9H16O3.2CH4/c2*1-4-12-9(11)8(5-6-10)7(2)3;;/h7-8,10H,4-6H2,1-3H3;6-8H,4-5H2,1-3H3;2*1H4. The van der Waals surface area contributed by atoms with Gasteiger partial charge in [0.05, 0.1) is 25.0 Å². The Morgan fingerprint density at radius 2 is 1.27 bits per heavy atom. The quantitative estimate of drug-likeness (QED) is 0.458. The van der Waals surface area contributed by atoms with Crippen LogP contribution in [0.15, 0.2) is 0 Å². The van der Waals surface area contributed by atoms with E-state index in [2.05, 4.69) is 0 Å². The molecule has 1 N–H and O–H groups in total. The highest BCUT2D eigenvalue weighted by atomic mass is 16.5. The van der Waals surface area contributed by atoms with Crippen molar-refractivity contribution < 1.29 is 29.0 Å². The van der Waals surface area contributed by atoms with E-state index in [0.717, 1.165) is 6.29 Å². The van der Waals surface area contributed by atoms with Crippen molar-refractivity contribution in [2.24, 2.45) is 23.7 Å². The molecule has 2 atom stereocenters. The van der Waals surface area contributed by atoms with Crippen molar-refractivity contribution in [3.05, 3.63) is 0 Å². The molecule has 6 heteroatoms. The second-order valence-corrected chi connectivity index (χ2v) is 6.12. The Morgan fingerprint density at radius 1 is 0.885 bits per heavy atom. The molecular weight excluding hydrogens is 336 g/mol. The summed E-state index contributed by atoms with van der Waals surface area (Å²) in [5.74, 6) is -0.496. The molecule has 0 radical (unpaired) electrons. The summed E-state index contributed by atoms with van der Waals surface area (Å²) in [7, 11) is 0. The molecule has 0 saturated carbocycles. The Morgan fingerprint density at radius 3 is 1.54 bits per heavy atom. The van der Waals surface area contributed by atoms with Gasteiger partial charge in [0.25, 0.3) is 0 Å². The number of hydrogen-bond donors (Lipinski definition) is 1. The minimum Gasteiger partial charge on any atom is -0.466 e. The van der Waals surface area contributed by atoms with Crippen molar-refractivity contribution in [3.8, 4) is 0 Å². The Balaban J connectivity index is -0.000000173. The molecule has 0 fully saturated rings. The van der Waals surface area contributed by atoms with E-state index in [0.29, 0.717) is 19.6 Å². The average Bonchev–Trinajstić information content (AvgIpc) is 2.50. The van der Waals surface area contributed by atoms with E-state index < -0.39 is 0 Å². The number of ether oxygens (including phenoxy) is 2. The van der Waals surface area contributed by atoms with Gasteiger partial charge in [-0.15, -0.1) is 0 Å². The fourth-order valence-electron chi connectivity index (χ4n) is 2.11. The van der Waals surface area contributed by atoms with Crippen molar-refractivity contribution in [2.45, 2.75) is 69.2 Å². The number of aldehydes is 1. The summed E-state index contributed by atoms with van der Waals surface area (Å²) in [6, 6.07) is 0. The third-order valence-electron chi connectivity index (χ3n) is 3.58. The van der Waals surface area contributed by atoms with Crippen molar-refractivity contribution in [1.82, 2.24) is 0 Å². The van der Waals surface area contributed by atoms with E-state index in [1.807, 2.05) is 27.7 Å². The van der Waals surface area contributed by atoms with E-state index >= 15 is 0 Å². The maximum absolute atomic E-state index is 11.2. The van der Waals surface area contributed by atoms with E-state index in [1.54, 1.807) is 13.8 Å². The van der Waals surface area contributed by atoms with E-state index in [-0.39, 0.29) is 63.5 Å². The molecule has 158 valence electrons. The zero-order valence-corrected chi connectivity index (χ0v) is 15.9. The van der Waals surface area contributed by atoms with E-state index in [1.165, 1.54) is 0 Å². The minimum atomic E-state index is -0.276. The van der Waals surface area contributed by atoms with Gasteiger partial charge in [0, 0.05) is 13.0 Å². The van der Waals surface area contributed by atoms with Gasteiger partial charge in [0.2, 0.25) is 0 Å². The Bertz CT molecular complexity index is 352. The highest BCUT2D eigenvalue weighted by Gasteiger charge is 2.23. The van der Waals surface area contributed by atoms with Crippen LogP contribution in [0.4, 0.5) is 0 Å². The topological polar surface area (TPSA) is 89.9 Å². The molecule has 26 heavy (non-hydrogen) atoms. The number of esters is 2. The molecule has 0 aromatic carbocycles. The number of rotatable bonds is 10. The summed E-state index contributed by atoms with van der Waals surface area (Å²) in [6.45, 7) is 12.1. The highest BCUT2D eigenvalue weighted by molar-refractivity contribution is 5.75. The molecule has 0 rings (SSSR count). The first-order valence-electron chi connectivity index (χ1n) is 8.64. The molecule has 0 saturated heterocycles. The predicted octanol–water partition coefficient (Wildman–Crippen LogP) is 3.89. The molecule has 0 aliphatic rings. The van der Waals surface area contributed by atoms with Crippen molar-refractivity contribution in [3.63, 3.8) is 0 Å². The molecule has 0 aliphatic carbocycles. The number of carbonyl (C=O) groups excluding carboxylic acids is 3. The lowest BCUT2D eigenvalue weighted by Gasteiger charge is -2.17. The summed E-state index contributed by atoms with van der Waals surface area (Å²) >= 11 is 0. The average molecular weight is 379 g/mol. The molecule has 2 unspecified atom stereocenters. The van der Waals surface area contributed by atoms with Crippen molar-refractivity contribution in [1.29, 1.82) is 0 Å². The predicted molar refractivity (Wildman–Crippen MR) is 106 cm³/mol. The molecule has 0 amide bonds. The van der Waals surface area contributed by atoms with Crippen LogP contribution in [0.5, 0.6) is 0 Å². The summed E-state index contributed by atoms with van der Waals surface area (Å²) in [5, 5.41) is 8.69. The van der Waals surface area contributed by atoms with Crippen LogP contribution in [0, 0.1) is 23.7 Å². The van der Waals surface area contributed by atoms with Gasteiger partial charge >= 0.3 is 11.9 Å². The van der Waals surface area contributed by atoms with Crippen LogP contribution in [0.1, 0.15) is 69.2 Å². The molecule has 0 heterocycles. The van der Waals surface area contributed by atoms with Crippen molar-refractivity contribution in [2.75, 3.05) is 19.8 Å².